The van der Waals surface area contributed by atoms with Gasteiger partial charge in [0, 0.05) is 29.2 Å². The number of halogens is 1. The molecule has 3 rings (SSSR count). The standard InChI is InChI=1S/C17H14FN3O2/c1-10(22)19-13-3-2-4-14(9-13)20-17(23)16-8-11-7-12(18)5-6-15(11)21-16/h2-9,21H,1H3,(H,19,22)(H,20,23). The van der Waals surface area contributed by atoms with Gasteiger partial charge >= 0.3 is 0 Å². The average molecular weight is 311 g/mol. The highest BCUT2D eigenvalue weighted by Gasteiger charge is 2.10. The number of amides is 2. The molecule has 0 aliphatic heterocycles. The summed E-state index contributed by atoms with van der Waals surface area (Å²) in [6.45, 7) is 1.41. The molecule has 3 aromatic rings. The lowest BCUT2D eigenvalue weighted by molar-refractivity contribution is -0.114. The predicted molar refractivity (Wildman–Crippen MR) is 87.0 cm³/mol. The van der Waals surface area contributed by atoms with E-state index in [1.807, 2.05) is 0 Å². The summed E-state index contributed by atoms with van der Waals surface area (Å²) < 4.78 is 13.2. The Kier molecular flexibility index (Phi) is 3.80. The van der Waals surface area contributed by atoms with Crippen molar-refractivity contribution in [3.63, 3.8) is 0 Å². The number of anilines is 2. The molecule has 116 valence electrons. The van der Waals surface area contributed by atoms with Crippen molar-refractivity contribution >= 4 is 34.1 Å². The van der Waals surface area contributed by atoms with Gasteiger partial charge in [-0.3, -0.25) is 9.59 Å². The quantitative estimate of drug-likeness (QED) is 0.692. The van der Waals surface area contributed by atoms with Gasteiger partial charge in [-0.05, 0) is 42.5 Å². The number of hydrogen-bond donors (Lipinski definition) is 3. The first kappa shape index (κ1) is 14.8. The molecule has 0 radical (unpaired) electrons. The topological polar surface area (TPSA) is 74.0 Å². The van der Waals surface area contributed by atoms with Crippen molar-refractivity contribution in [2.75, 3.05) is 10.6 Å². The van der Waals surface area contributed by atoms with Crippen LogP contribution in [0.3, 0.4) is 0 Å². The molecule has 0 saturated heterocycles. The molecule has 0 aliphatic carbocycles. The van der Waals surface area contributed by atoms with Crippen molar-refractivity contribution in [2.45, 2.75) is 6.92 Å². The van der Waals surface area contributed by atoms with Gasteiger partial charge in [0.15, 0.2) is 0 Å². The number of carbonyl (C=O) groups is 2. The third kappa shape index (κ3) is 3.37. The van der Waals surface area contributed by atoms with Crippen LogP contribution in [-0.4, -0.2) is 16.8 Å². The van der Waals surface area contributed by atoms with E-state index in [0.717, 1.165) is 0 Å². The molecule has 1 aromatic heterocycles. The van der Waals surface area contributed by atoms with E-state index in [4.69, 9.17) is 0 Å². The van der Waals surface area contributed by atoms with E-state index < -0.39 is 0 Å². The van der Waals surface area contributed by atoms with E-state index in [9.17, 15) is 14.0 Å². The summed E-state index contributed by atoms with van der Waals surface area (Å²) in [5.74, 6) is -0.890. The van der Waals surface area contributed by atoms with E-state index in [1.165, 1.54) is 19.1 Å². The van der Waals surface area contributed by atoms with E-state index in [-0.39, 0.29) is 17.6 Å². The largest absolute Gasteiger partial charge is 0.351 e. The van der Waals surface area contributed by atoms with Crippen LogP contribution in [0.15, 0.2) is 48.5 Å². The highest BCUT2D eigenvalue weighted by molar-refractivity contribution is 6.06. The molecule has 0 bridgehead atoms. The van der Waals surface area contributed by atoms with Gasteiger partial charge in [-0.15, -0.1) is 0 Å². The second kappa shape index (κ2) is 5.92. The molecule has 2 aromatic carbocycles. The number of hydrogen-bond acceptors (Lipinski definition) is 2. The third-order valence-electron chi connectivity index (χ3n) is 3.27. The van der Waals surface area contributed by atoms with E-state index in [1.54, 1.807) is 36.4 Å². The van der Waals surface area contributed by atoms with Gasteiger partial charge in [0.1, 0.15) is 11.5 Å². The van der Waals surface area contributed by atoms with Crippen LogP contribution in [0.25, 0.3) is 10.9 Å². The lowest BCUT2D eigenvalue weighted by atomic mass is 10.2. The van der Waals surface area contributed by atoms with Gasteiger partial charge < -0.3 is 15.6 Å². The fraction of sp³-hybridized carbons (Fsp3) is 0.0588. The van der Waals surface area contributed by atoms with Gasteiger partial charge in [-0.1, -0.05) is 6.07 Å². The molecule has 0 atom stereocenters. The predicted octanol–water partition coefficient (Wildman–Crippen LogP) is 3.52. The van der Waals surface area contributed by atoms with Crippen molar-refractivity contribution in [1.29, 1.82) is 0 Å². The Labute approximate surface area is 131 Å². The molecule has 0 fully saturated rings. The first-order valence-corrected chi connectivity index (χ1v) is 6.98. The second-order valence-corrected chi connectivity index (χ2v) is 5.13. The van der Waals surface area contributed by atoms with Crippen molar-refractivity contribution in [3.05, 3.63) is 60.0 Å². The minimum Gasteiger partial charge on any atom is -0.351 e. The van der Waals surface area contributed by atoms with Crippen molar-refractivity contribution in [3.8, 4) is 0 Å². The molecule has 23 heavy (non-hydrogen) atoms. The molecule has 3 N–H and O–H groups in total. The summed E-state index contributed by atoms with van der Waals surface area (Å²) in [5, 5.41) is 6.01. The monoisotopic (exact) mass is 311 g/mol. The summed E-state index contributed by atoms with van der Waals surface area (Å²) in [5.41, 5.74) is 2.15. The Bertz CT molecular complexity index is 902. The number of carbonyl (C=O) groups excluding carboxylic acids is 2. The number of fused-ring (bicyclic) bond motifs is 1. The molecule has 5 nitrogen and oxygen atoms in total. The number of rotatable bonds is 3. The molecular weight excluding hydrogens is 297 g/mol. The van der Waals surface area contributed by atoms with Crippen LogP contribution in [0.2, 0.25) is 0 Å². The van der Waals surface area contributed by atoms with Crippen LogP contribution in [0.1, 0.15) is 17.4 Å². The van der Waals surface area contributed by atoms with E-state index in [0.29, 0.717) is 28.0 Å². The SMILES string of the molecule is CC(=O)Nc1cccc(NC(=O)c2cc3cc(F)ccc3[nH]2)c1. The highest BCUT2D eigenvalue weighted by Crippen LogP contribution is 2.19. The molecular formula is C17H14FN3O2. The van der Waals surface area contributed by atoms with E-state index >= 15 is 0 Å². The zero-order valence-electron chi connectivity index (χ0n) is 12.3. The van der Waals surface area contributed by atoms with Gasteiger partial charge in [-0.2, -0.15) is 0 Å². The number of H-pyrrole nitrogens is 1. The minimum atomic E-state index is -0.355. The maximum atomic E-state index is 13.2. The van der Waals surface area contributed by atoms with Gasteiger partial charge in [0.2, 0.25) is 5.91 Å². The summed E-state index contributed by atoms with van der Waals surface area (Å²) in [4.78, 5) is 26.3. The fourth-order valence-corrected chi connectivity index (χ4v) is 2.30. The summed E-state index contributed by atoms with van der Waals surface area (Å²) in [6.07, 6.45) is 0. The van der Waals surface area contributed by atoms with Crippen LogP contribution in [0, 0.1) is 5.82 Å². The Morgan fingerprint density at radius 2 is 1.74 bits per heavy atom. The van der Waals surface area contributed by atoms with Crippen molar-refractivity contribution < 1.29 is 14.0 Å². The van der Waals surface area contributed by atoms with E-state index in [2.05, 4.69) is 15.6 Å². The lowest BCUT2D eigenvalue weighted by Gasteiger charge is -2.07. The zero-order valence-corrected chi connectivity index (χ0v) is 12.3. The molecule has 2 amide bonds. The molecule has 1 heterocycles. The maximum absolute atomic E-state index is 13.2. The molecule has 0 aliphatic rings. The molecule has 0 spiro atoms. The Morgan fingerprint density at radius 3 is 2.48 bits per heavy atom. The Balaban J connectivity index is 1.81. The van der Waals surface area contributed by atoms with Crippen LogP contribution >= 0.6 is 0 Å². The van der Waals surface area contributed by atoms with Crippen molar-refractivity contribution in [2.24, 2.45) is 0 Å². The first-order valence-electron chi connectivity index (χ1n) is 6.98. The van der Waals surface area contributed by atoms with Crippen LogP contribution in [0.4, 0.5) is 15.8 Å². The first-order chi connectivity index (χ1) is 11.0. The number of aromatic nitrogens is 1. The lowest BCUT2D eigenvalue weighted by Crippen LogP contribution is -2.12. The molecule has 6 heteroatoms. The number of aromatic amines is 1. The zero-order chi connectivity index (χ0) is 16.4. The average Bonchev–Trinajstić information content (AvgIpc) is 2.90. The smallest absolute Gasteiger partial charge is 0.272 e. The summed E-state index contributed by atoms with van der Waals surface area (Å²) in [6, 6.07) is 12.7. The van der Waals surface area contributed by atoms with Crippen molar-refractivity contribution in [1.82, 2.24) is 4.98 Å². The highest BCUT2D eigenvalue weighted by atomic mass is 19.1. The van der Waals surface area contributed by atoms with Crippen LogP contribution in [-0.2, 0) is 4.79 Å². The molecule has 0 unspecified atom stereocenters. The third-order valence-corrected chi connectivity index (χ3v) is 3.27. The van der Waals surface area contributed by atoms with Gasteiger partial charge in [-0.25, -0.2) is 4.39 Å². The molecule has 0 saturated carbocycles. The minimum absolute atomic E-state index is 0.189. The Hall–Kier alpha value is -3.15. The normalized spacial score (nSPS) is 10.5. The summed E-state index contributed by atoms with van der Waals surface area (Å²) in [7, 11) is 0. The number of nitrogens with one attached hydrogen (secondary N) is 3. The number of benzene rings is 2. The van der Waals surface area contributed by atoms with Crippen LogP contribution in [0.5, 0.6) is 0 Å². The maximum Gasteiger partial charge on any atom is 0.272 e. The Morgan fingerprint density at radius 1 is 1.00 bits per heavy atom. The fourth-order valence-electron chi connectivity index (χ4n) is 2.30. The summed E-state index contributed by atoms with van der Waals surface area (Å²) >= 11 is 0. The second-order valence-electron chi connectivity index (χ2n) is 5.13. The van der Waals surface area contributed by atoms with Crippen LogP contribution < -0.4 is 10.6 Å². The van der Waals surface area contributed by atoms with Gasteiger partial charge in [0.25, 0.3) is 5.91 Å². The van der Waals surface area contributed by atoms with Gasteiger partial charge in [0.05, 0.1) is 0 Å².